The van der Waals surface area contributed by atoms with Crippen LogP contribution in [0.15, 0.2) is 0 Å². The molecule has 0 saturated carbocycles. The number of aliphatic hydroxyl groups excluding tert-OH is 1. The van der Waals surface area contributed by atoms with Crippen molar-refractivity contribution in [3.63, 3.8) is 0 Å². The highest BCUT2D eigenvalue weighted by molar-refractivity contribution is 7.80. The van der Waals surface area contributed by atoms with Gasteiger partial charge in [-0.2, -0.15) is 12.6 Å². The van der Waals surface area contributed by atoms with Gasteiger partial charge in [-0.3, -0.25) is 24.0 Å². The monoisotopic (exact) mass is 450 g/mol. The molecule has 0 fully saturated rings. The Balaban J connectivity index is 5.24. The first-order valence-corrected chi connectivity index (χ1v) is 9.23. The maximum Gasteiger partial charge on any atom is 0.328 e. The van der Waals surface area contributed by atoms with Gasteiger partial charge in [-0.05, 0) is 6.42 Å². The van der Waals surface area contributed by atoms with Gasteiger partial charge in [0.2, 0.25) is 29.5 Å². The van der Waals surface area contributed by atoms with Crippen LogP contribution in [-0.4, -0.2) is 82.2 Å². The van der Waals surface area contributed by atoms with Crippen LogP contribution in [0.1, 0.15) is 19.3 Å². The van der Waals surface area contributed by atoms with Crippen LogP contribution in [0.2, 0.25) is 0 Å². The Bertz CT molecular complexity index is 676. The zero-order valence-electron chi connectivity index (χ0n) is 15.9. The lowest BCUT2D eigenvalue weighted by molar-refractivity contribution is -0.143. The van der Waals surface area contributed by atoms with E-state index in [9.17, 15) is 28.8 Å². The number of nitrogens with two attached hydrogens (primary N) is 3. The highest BCUT2D eigenvalue weighted by Crippen LogP contribution is 2.02. The van der Waals surface area contributed by atoms with E-state index in [1.165, 1.54) is 0 Å². The fourth-order valence-electron chi connectivity index (χ4n) is 2.07. The first-order valence-electron chi connectivity index (χ1n) is 8.60. The Morgan fingerprint density at radius 1 is 0.833 bits per heavy atom. The number of carboxylic acid groups (broad SMARTS) is 1. The van der Waals surface area contributed by atoms with Gasteiger partial charge in [0.25, 0.3) is 0 Å². The molecule has 0 spiro atoms. The largest absolute Gasteiger partial charge is 0.480 e. The number of hydrogen-bond donors (Lipinski definition) is 9. The van der Waals surface area contributed by atoms with Crippen LogP contribution in [0.3, 0.4) is 0 Å². The molecule has 0 heterocycles. The summed E-state index contributed by atoms with van der Waals surface area (Å²) in [6.45, 7) is -0.886. The molecule has 4 unspecified atom stereocenters. The van der Waals surface area contributed by atoms with Gasteiger partial charge in [-0.15, -0.1) is 0 Å². The van der Waals surface area contributed by atoms with Crippen LogP contribution in [0, 0.1) is 0 Å². The van der Waals surface area contributed by atoms with Crippen molar-refractivity contribution in [3.05, 3.63) is 0 Å². The molecular formula is C15H26N6O8S. The van der Waals surface area contributed by atoms with E-state index in [4.69, 9.17) is 27.4 Å². The SMILES string of the molecule is NC(=O)CCC(NC(=O)C(N)CC(N)=O)C(=O)NC(CS)C(=O)NC(CO)C(=O)O. The van der Waals surface area contributed by atoms with E-state index in [-0.39, 0.29) is 18.6 Å². The quantitative estimate of drug-likeness (QED) is 0.114. The number of thiol groups is 1. The number of carbonyl (C=O) groups is 6. The van der Waals surface area contributed by atoms with Crippen molar-refractivity contribution in [1.29, 1.82) is 0 Å². The van der Waals surface area contributed by atoms with Crippen LogP contribution in [0.4, 0.5) is 0 Å². The first-order chi connectivity index (χ1) is 13.9. The Morgan fingerprint density at radius 3 is 1.77 bits per heavy atom. The smallest absolute Gasteiger partial charge is 0.328 e. The predicted octanol–water partition coefficient (Wildman–Crippen LogP) is -5.08. The third-order valence-corrected chi connectivity index (χ3v) is 4.05. The summed E-state index contributed by atoms with van der Waals surface area (Å²) in [6, 6.07) is -5.64. The minimum Gasteiger partial charge on any atom is -0.480 e. The van der Waals surface area contributed by atoms with E-state index in [0.717, 1.165) is 0 Å². The summed E-state index contributed by atoms with van der Waals surface area (Å²) in [4.78, 5) is 69.5. The number of rotatable bonds is 14. The molecule has 30 heavy (non-hydrogen) atoms. The van der Waals surface area contributed by atoms with E-state index < -0.39 is 72.7 Å². The first kappa shape index (κ1) is 27.1. The number of amides is 5. The van der Waals surface area contributed by atoms with Crippen LogP contribution in [-0.2, 0) is 28.8 Å². The van der Waals surface area contributed by atoms with Crippen molar-refractivity contribution in [1.82, 2.24) is 16.0 Å². The molecule has 0 aliphatic carbocycles. The standard InChI is InChI=1S/C15H26N6O8S/c16-6(3-11(18)24)12(25)19-7(1-2-10(17)23)13(26)21-9(5-30)14(27)20-8(4-22)15(28)29/h6-9,22,30H,1-5,16H2,(H2,17,23)(H2,18,24)(H,19,25)(H,20,27)(H,21,26)(H,28,29). The zero-order valence-corrected chi connectivity index (χ0v) is 16.8. The molecule has 170 valence electrons. The lowest BCUT2D eigenvalue weighted by Crippen LogP contribution is -2.58. The van der Waals surface area contributed by atoms with Gasteiger partial charge in [-0.25, -0.2) is 4.79 Å². The Labute approximate surface area is 176 Å². The maximum atomic E-state index is 12.5. The topological polar surface area (TPSA) is 257 Å². The van der Waals surface area contributed by atoms with Crippen LogP contribution in [0.5, 0.6) is 0 Å². The molecule has 0 aromatic carbocycles. The van der Waals surface area contributed by atoms with Crippen molar-refractivity contribution in [2.24, 2.45) is 17.2 Å². The lowest BCUT2D eigenvalue weighted by Gasteiger charge is -2.24. The zero-order chi connectivity index (χ0) is 23.4. The molecule has 15 heteroatoms. The highest BCUT2D eigenvalue weighted by Gasteiger charge is 2.30. The predicted molar refractivity (Wildman–Crippen MR) is 105 cm³/mol. The number of nitrogens with one attached hydrogen (secondary N) is 3. The summed E-state index contributed by atoms with van der Waals surface area (Å²) in [6.07, 6.45) is -1.03. The second-order valence-corrected chi connectivity index (χ2v) is 6.53. The number of carbonyl (C=O) groups excluding carboxylic acids is 5. The molecule has 0 radical (unpaired) electrons. The summed E-state index contributed by atoms with van der Waals surface area (Å²) in [5.41, 5.74) is 15.5. The third kappa shape index (κ3) is 10.0. The molecule has 0 aromatic heterocycles. The fourth-order valence-corrected chi connectivity index (χ4v) is 2.32. The molecule has 0 aliphatic rings. The molecule has 0 bridgehead atoms. The summed E-state index contributed by atoms with van der Waals surface area (Å²) < 4.78 is 0. The molecule has 4 atom stereocenters. The Kier molecular flexibility index (Phi) is 12.0. The molecule has 5 amide bonds. The third-order valence-electron chi connectivity index (χ3n) is 3.68. The van der Waals surface area contributed by atoms with Crippen molar-refractivity contribution >= 4 is 48.1 Å². The number of carboxylic acids is 1. The summed E-state index contributed by atoms with van der Waals surface area (Å²) in [5.74, 6) is -6.14. The second-order valence-electron chi connectivity index (χ2n) is 6.17. The van der Waals surface area contributed by atoms with E-state index in [0.29, 0.717) is 0 Å². The number of aliphatic carboxylic acids is 1. The van der Waals surface area contributed by atoms with Crippen molar-refractivity contribution in [3.8, 4) is 0 Å². The van der Waals surface area contributed by atoms with Crippen molar-refractivity contribution < 1.29 is 39.0 Å². The fraction of sp³-hybridized carbons (Fsp3) is 0.600. The second kappa shape index (κ2) is 13.3. The molecular weight excluding hydrogens is 424 g/mol. The molecule has 0 saturated heterocycles. The lowest BCUT2D eigenvalue weighted by atomic mass is 10.1. The van der Waals surface area contributed by atoms with Crippen LogP contribution >= 0.6 is 12.6 Å². The van der Waals surface area contributed by atoms with E-state index in [2.05, 4.69) is 23.3 Å². The van der Waals surface area contributed by atoms with Crippen LogP contribution < -0.4 is 33.2 Å². The number of hydrogen-bond acceptors (Lipinski definition) is 9. The van der Waals surface area contributed by atoms with Gasteiger partial charge in [0.1, 0.15) is 18.1 Å². The minimum absolute atomic E-state index is 0.245. The number of primary amides is 2. The minimum atomic E-state index is -1.60. The Morgan fingerprint density at radius 2 is 1.33 bits per heavy atom. The van der Waals surface area contributed by atoms with E-state index in [1.54, 1.807) is 0 Å². The maximum absolute atomic E-state index is 12.5. The molecule has 14 nitrogen and oxygen atoms in total. The number of aliphatic hydroxyl groups is 1. The Hall–Kier alpha value is -2.91. The van der Waals surface area contributed by atoms with Crippen LogP contribution in [0.25, 0.3) is 0 Å². The summed E-state index contributed by atoms with van der Waals surface area (Å²) in [5, 5.41) is 24.3. The average Bonchev–Trinajstić information content (AvgIpc) is 2.65. The van der Waals surface area contributed by atoms with Crippen molar-refractivity contribution in [2.45, 2.75) is 43.4 Å². The van der Waals surface area contributed by atoms with Gasteiger partial charge < -0.3 is 43.4 Å². The van der Waals surface area contributed by atoms with Gasteiger partial charge >= 0.3 is 5.97 Å². The normalized spacial score (nSPS) is 14.5. The molecule has 0 rings (SSSR count). The van der Waals surface area contributed by atoms with Gasteiger partial charge in [0, 0.05) is 12.2 Å². The van der Waals surface area contributed by atoms with Gasteiger partial charge in [0.15, 0.2) is 0 Å². The highest BCUT2D eigenvalue weighted by atomic mass is 32.1. The van der Waals surface area contributed by atoms with Gasteiger partial charge in [-0.1, -0.05) is 0 Å². The molecule has 0 aromatic rings. The summed E-state index contributed by atoms with van der Waals surface area (Å²) >= 11 is 3.91. The molecule has 0 aliphatic heterocycles. The van der Waals surface area contributed by atoms with E-state index in [1.807, 2.05) is 5.32 Å². The van der Waals surface area contributed by atoms with Crippen molar-refractivity contribution in [2.75, 3.05) is 12.4 Å². The van der Waals surface area contributed by atoms with E-state index >= 15 is 0 Å². The average molecular weight is 450 g/mol. The summed E-state index contributed by atoms with van der Waals surface area (Å²) in [7, 11) is 0. The van der Waals surface area contributed by atoms with Gasteiger partial charge in [0.05, 0.1) is 19.1 Å². The molecule has 11 N–H and O–H groups in total.